The van der Waals surface area contributed by atoms with E-state index in [1.807, 2.05) is 36.4 Å². The molecule has 2 aromatic carbocycles. The third-order valence-corrected chi connectivity index (χ3v) is 3.09. The molecule has 0 aliphatic carbocycles. The van der Waals surface area contributed by atoms with E-state index in [9.17, 15) is 9.59 Å². The number of nitrogens with one attached hydrogen (secondary N) is 2. The number of rotatable bonds is 4. The molecule has 0 bridgehead atoms. The van der Waals surface area contributed by atoms with Crippen LogP contribution in [0.4, 0.5) is 4.79 Å². The van der Waals surface area contributed by atoms with Crippen LogP contribution in [0.1, 0.15) is 31.1 Å². The van der Waals surface area contributed by atoms with Crippen LogP contribution in [0.15, 0.2) is 42.5 Å². The molecule has 2 amide bonds. The summed E-state index contributed by atoms with van der Waals surface area (Å²) in [5, 5.41) is 7.49. The summed E-state index contributed by atoms with van der Waals surface area (Å²) in [6.07, 6.45) is -0.488. The first-order valence-electron chi connectivity index (χ1n) is 7.59. The number of alkyl carbamates (subject to hydrolysis) is 1. The number of hydrogen-bond donors (Lipinski definition) is 2. The van der Waals surface area contributed by atoms with Gasteiger partial charge in [0.1, 0.15) is 5.60 Å². The molecule has 5 nitrogen and oxygen atoms in total. The lowest BCUT2D eigenvalue weighted by Crippen LogP contribution is -2.37. The average Bonchev–Trinajstić information content (AvgIpc) is 2.49. The fourth-order valence-electron chi connectivity index (χ4n) is 2.09. The maximum absolute atomic E-state index is 12.1. The first kappa shape index (κ1) is 16.8. The normalized spacial score (nSPS) is 11.1. The largest absolute Gasteiger partial charge is 0.444 e. The number of amides is 2. The van der Waals surface area contributed by atoms with E-state index < -0.39 is 11.7 Å². The fraction of sp³-hybridized carbons (Fsp3) is 0.333. The van der Waals surface area contributed by atoms with Gasteiger partial charge in [-0.2, -0.15) is 0 Å². The number of hydrogen-bond acceptors (Lipinski definition) is 3. The van der Waals surface area contributed by atoms with E-state index in [0.29, 0.717) is 18.7 Å². The number of benzene rings is 2. The van der Waals surface area contributed by atoms with Gasteiger partial charge in [0.25, 0.3) is 5.91 Å². The van der Waals surface area contributed by atoms with Gasteiger partial charge in [-0.3, -0.25) is 4.79 Å². The number of carbonyl (C=O) groups is 2. The zero-order valence-electron chi connectivity index (χ0n) is 13.7. The third-order valence-electron chi connectivity index (χ3n) is 3.09. The first-order chi connectivity index (χ1) is 10.8. The molecule has 2 aromatic rings. The Bertz CT molecular complexity index is 705. The second-order valence-corrected chi connectivity index (χ2v) is 6.25. The molecule has 23 heavy (non-hydrogen) atoms. The molecule has 0 saturated heterocycles. The Morgan fingerprint density at radius 2 is 1.61 bits per heavy atom. The Labute approximate surface area is 136 Å². The molecule has 0 spiro atoms. The van der Waals surface area contributed by atoms with Crippen LogP contribution in [0.3, 0.4) is 0 Å². The van der Waals surface area contributed by atoms with Gasteiger partial charge < -0.3 is 15.4 Å². The van der Waals surface area contributed by atoms with Crippen LogP contribution in [0.5, 0.6) is 0 Å². The van der Waals surface area contributed by atoms with E-state index in [1.54, 1.807) is 26.8 Å². The highest BCUT2D eigenvalue weighted by molar-refractivity contribution is 5.98. The van der Waals surface area contributed by atoms with Crippen molar-refractivity contribution >= 4 is 22.8 Å². The van der Waals surface area contributed by atoms with Crippen LogP contribution >= 0.6 is 0 Å². The highest BCUT2D eigenvalue weighted by atomic mass is 16.6. The summed E-state index contributed by atoms with van der Waals surface area (Å²) in [5.41, 5.74) is 0.0688. The summed E-state index contributed by atoms with van der Waals surface area (Å²) in [6, 6.07) is 13.4. The van der Waals surface area contributed by atoms with Crippen LogP contribution in [-0.2, 0) is 4.74 Å². The molecular weight excluding hydrogens is 292 g/mol. The van der Waals surface area contributed by atoms with Gasteiger partial charge in [0.05, 0.1) is 0 Å². The molecule has 0 fully saturated rings. The minimum Gasteiger partial charge on any atom is -0.444 e. The Hall–Kier alpha value is -2.56. The second-order valence-electron chi connectivity index (χ2n) is 6.25. The van der Waals surface area contributed by atoms with Crippen molar-refractivity contribution in [1.29, 1.82) is 0 Å². The monoisotopic (exact) mass is 314 g/mol. The predicted molar refractivity (Wildman–Crippen MR) is 90.5 cm³/mol. The van der Waals surface area contributed by atoms with Crippen molar-refractivity contribution in [2.24, 2.45) is 0 Å². The molecular formula is C18H22N2O3. The van der Waals surface area contributed by atoms with E-state index >= 15 is 0 Å². The van der Waals surface area contributed by atoms with Gasteiger partial charge in [0.15, 0.2) is 0 Å². The molecule has 0 unspecified atom stereocenters. The zero-order valence-corrected chi connectivity index (χ0v) is 13.7. The summed E-state index contributed by atoms with van der Waals surface area (Å²) < 4.78 is 5.11. The van der Waals surface area contributed by atoms with E-state index in [0.717, 1.165) is 10.8 Å². The molecule has 0 aliphatic heterocycles. The van der Waals surface area contributed by atoms with E-state index in [1.165, 1.54) is 0 Å². The van der Waals surface area contributed by atoms with E-state index in [-0.39, 0.29) is 5.91 Å². The minimum atomic E-state index is -0.529. The summed E-state index contributed by atoms with van der Waals surface area (Å²) in [5.74, 6) is -0.165. The smallest absolute Gasteiger partial charge is 0.407 e. The van der Waals surface area contributed by atoms with Crippen molar-refractivity contribution in [1.82, 2.24) is 10.6 Å². The number of ether oxygens (including phenoxy) is 1. The molecule has 0 heterocycles. The molecule has 0 radical (unpaired) electrons. The summed E-state index contributed by atoms with van der Waals surface area (Å²) in [7, 11) is 0. The number of fused-ring (bicyclic) bond motifs is 1. The highest BCUT2D eigenvalue weighted by Gasteiger charge is 2.15. The summed E-state index contributed by atoms with van der Waals surface area (Å²) >= 11 is 0. The Balaban J connectivity index is 1.81. The molecule has 5 heteroatoms. The van der Waals surface area contributed by atoms with Gasteiger partial charge in [-0.15, -0.1) is 0 Å². The zero-order chi connectivity index (χ0) is 16.9. The van der Waals surface area contributed by atoms with Crippen molar-refractivity contribution in [2.45, 2.75) is 26.4 Å². The quantitative estimate of drug-likeness (QED) is 0.852. The third kappa shape index (κ3) is 5.29. The van der Waals surface area contributed by atoms with Crippen molar-refractivity contribution in [2.75, 3.05) is 13.1 Å². The maximum atomic E-state index is 12.1. The molecule has 2 N–H and O–H groups in total. The van der Waals surface area contributed by atoms with Crippen LogP contribution in [0.25, 0.3) is 10.8 Å². The highest BCUT2D eigenvalue weighted by Crippen LogP contribution is 2.15. The molecule has 122 valence electrons. The van der Waals surface area contributed by atoms with Gasteiger partial charge in [0, 0.05) is 18.7 Å². The minimum absolute atomic E-state index is 0.165. The van der Waals surface area contributed by atoms with Gasteiger partial charge in [-0.25, -0.2) is 4.79 Å². The topological polar surface area (TPSA) is 67.4 Å². The van der Waals surface area contributed by atoms with Gasteiger partial charge in [-0.1, -0.05) is 30.3 Å². The van der Waals surface area contributed by atoms with Gasteiger partial charge in [0.2, 0.25) is 0 Å². The molecule has 0 aromatic heterocycles. The lowest BCUT2D eigenvalue weighted by atomic mass is 10.1. The standard InChI is InChI=1S/C18H22N2O3/c1-18(2,3)23-17(22)20-11-10-19-16(21)15-9-8-13-6-4-5-7-14(13)12-15/h4-9,12H,10-11H2,1-3H3,(H,19,21)(H,20,22). The maximum Gasteiger partial charge on any atom is 0.407 e. The van der Waals surface area contributed by atoms with Crippen LogP contribution in [-0.4, -0.2) is 30.7 Å². The lowest BCUT2D eigenvalue weighted by molar-refractivity contribution is 0.0526. The van der Waals surface area contributed by atoms with Crippen LogP contribution in [0.2, 0.25) is 0 Å². The van der Waals surface area contributed by atoms with Crippen molar-refractivity contribution in [3.63, 3.8) is 0 Å². The lowest BCUT2D eigenvalue weighted by Gasteiger charge is -2.19. The van der Waals surface area contributed by atoms with Crippen molar-refractivity contribution < 1.29 is 14.3 Å². The van der Waals surface area contributed by atoms with Crippen molar-refractivity contribution in [3.05, 3.63) is 48.0 Å². The van der Waals surface area contributed by atoms with Gasteiger partial charge in [-0.05, 0) is 43.7 Å². The molecule has 0 saturated carbocycles. The van der Waals surface area contributed by atoms with E-state index in [4.69, 9.17) is 4.74 Å². The summed E-state index contributed by atoms with van der Waals surface area (Å²) in [4.78, 5) is 23.6. The average molecular weight is 314 g/mol. The molecule has 0 aliphatic rings. The SMILES string of the molecule is CC(C)(C)OC(=O)NCCNC(=O)c1ccc2ccccc2c1. The van der Waals surface area contributed by atoms with Crippen LogP contribution in [0, 0.1) is 0 Å². The summed E-state index contributed by atoms with van der Waals surface area (Å²) in [6.45, 7) is 6.05. The second kappa shape index (κ2) is 7.13. The molecule has 0 atom stereocenters. The number of carbonyl (C=O) groups excluding carboxylic acids is 2. The fourth-order valence-corrected chi connectivity index (χ4v) is 2.09. The van der Waals surface area contributed by atoms with Crippen LogP contribution < -0.4 is 10.6 Å². The first-order valence-corrected chi connectivity index (χ1v) is 7.59. The Morgan fingerprint density at radius 1 is 0.957 bits per heavy atom. The Morgan fingerprint density at radius 3 is 2.30 bits per heavy atom. The van der Waals surface area contributed by atoms with Crippen molar-refractivity contribution in [3.8, 4) is 0 Å². The van der Waals surface area contributed by atoms with Gasteiger partial charge >= 0.3 is 6.09 Å². The van der Waals surface area contributed by atoms with E-state index in [2.05, 4.69) is 10.6 Å². The Kier molecular flexibility index (Phi) is 5.21. The predicted octanol–water partition coefficient (Wildman–Crippen LogP) is 3.09. The molecule has 2 rings (SSSR count).